The van der Waals surface area contributed by atoms with Crippen molar-refractivity contribution in [1.82, 2.24) is 0 Å². The van der Waals surface area contributed by atoms with Crippen LogP contribution in [-0.4, -0.2) is 11.7 Å². The van der Waals surface area contributed by atoms with E-state index in [9.17, 15) is 9.59 Å². The van der Waals surface area contributed by atoms with Gasteiger partial charge in [0, 0.05) is 5.69 Å². The Morgan fingerprint density at radius 3 is 2.21 bits per heavy atom. The summed E-state index contributed by atoms with van der Waals surface area (Å²) in [5.41, 5.74) is 4.00. The van der Waals surface area contributed by atoms with Crippen LogP contribution in [0.2, 0.25) is 0 Å². The van der Waals surface area contributed by atoms with Gasteiger partial charge in [-0.1, -0.05) is 18.2 Å². The molecule has 0 radical (unpaired) electrons. The SMILES string of the molecule is Cc1cc2c(cc1C)N(c1ccccc1)C(=O)C2=O. The van der Waals surface area contributed by atoms with Gasteiger partial charge in [0.15, 0.2) is 0 Å². The molecule has 3 rings (SSSR count). The molecule has 94 valence electrons. The minimum atomic E-state index is -0.480. The van der Waals surface area contributed by atoms with Crippen LogP contribution in [0.5, 0.6) is 0 Å². The number of rotatable bonds is 1. The van der Waals surface area contributed by atoms with Crippen LogP contribution in [0.25, 0.3) is 0 Å². The second-order valence-corrected chi connectivity index (χ2v) is 4.76. The largest absolute Gasteiger partial charge is 0.304 e. The second kappa shape index (κ2) is 4.05. The molecule has 1 aliphatic heterocycles. The van der Waals surface area contributed by atoms with Crippen molar-refractivity contribution >= 4 is 23.1 Å². The van der Waals surface area contributed by atoms with Gasteiger partial charge in [-0.05, 0) is 49.2 Å². The molecule has 3 nitrogen and oxygen atoms in total. The van der Waals surface area contributed by atoms with E-state index in [1.54, 1.807) is 6.07 Å². The maximum Gasteiger partial charge on any atom is 0.304 e. The fourth-order valence-corrected chi connectivity index (χ4v) is 2.33. The molecule has 1 amide bonds. The van der Waals surface area contributed by atoms with E-state index in [0.29, 0.717) is 11.3 Å². The van der Waals surface area contributed by atoms with Gasteiger partial charge in [0.05, 0.1) is 11.3 Å². The molecular formula is C16H13NO2. The van der Waals surface area contributed by atoms with E-state index in [0.717, 1.165) is 16.8 Å². The number of Topliss-reactive ketones (excluding diaryl/α,β-unsaturated/α-hetero) is 1. The fourth-order valence-electron chi connectivity index (χ4n) is 2.33. The van der Waals surface area contributed by atoms with Crippen LogP contribution >= 0.6 is 0 Å². The maximum absolute atomic E-state index is 12.2. The third kappa shape index (κ3) is 1.66. The topological polar surface area (TPSA) is 37.4 Å². The number of nitrogens with zero attached hydrogens (tertiary/aromatic N) is 1. The van der Waals surface area contributed by atoms with E-state index in [1.807, 2.05) is 50.2 Å². The summed E-state index contributed by atoms with van der Waals surface area (Å²) in [6.45, 7) is 3.92. The van der Waals surface area contributed by atoms with Gasteiger partial charge < -0.3 is 0 Å². The van der Waals surface area contributed by atoms with Crippen molar-refractivity contribution in [2.24, 2.45) is 0 Å². The summed E-state index contributed by atoms with van der Waals surface area (Å²) in [5.74, 6) is -0.909. The summed E-state index contributed by atoms with van der Waals surface area (Å²) in [7, 11) is 0. The number of benzene rings is 2. The second-order valence-electron chi connectivity index (χ2n) is 4.76. The standard InChI is InChI=1S/C16H13NO2/c1-10-8-13-14(9-11(10)2)17(16(19)15(13)18)12-6-4-3-5-7-12/h3-9H,1-2H3. The van der Waals surface area contributed by atoms with Gasteiger partial charge in [-0.25, -0.2) is 0 Å². The molecule has 0 N–H and O–H groups in total. The Morgan fingerprint density at radius 1 is 0.895 bits per heavy atom. The van der Waals surface area contributed by atoms with Crippen LogP contribution in [-0.2, 0) is 4.79 Å². The van der Waals surface area contributed by atoms with Crippen molar-refractivity contribution in [3.05, 3.63) is 59.2 Å². The third-order valence-corrected chi connectivity index (χ3v) is 3.51. The zero-order valence-electron chi connectivity index (χ0n) is 10.8. The summed E-state index contributed by atoms with van der Waals surface area (Å²) in [5, 5.41) is 0. The molecule has 0 aliphatic carbocycles. The highest BCUT2D eigenvalue weighted by molar-refractivity contribution is 6.53. The van der Waals surface area contributed by atoms with Crippen LogP contribution in [0, 0.1) is 13.8 Å². The monoisotopic (exact) mass is 251 g/mol. The summed E-state index contributed by atoms with van der Waals surface area (Å²) in [6.07, 6.45) is 0. The molecule has 0 unspecified atom stereocenters. The molecule has 0 bridgehead atoms. The third-order valence-electron chi connectivity index (χ3n) is 3.51. The number of fused-ring (bicyclic) bond motifs is 1. The normalized spacial score (nSPS) is 13.9. The van der Waals surface area contributed by atoms with Crippen molar-refractivity contribution in [3.8, 4) is 0 Å². The van der Waals surface area contributed by atoms with Gasteiger partial charge >= 0.3 is 5.91 Å². The lowest BCUT2D eigenvalue weighted by atomic mass is 10.0. The highest BCUT2D eigenvalue weighted by Crippen LogP contribution is 2.36. The smallest absolute Gasteiger partial charge is 0.283 e. The van der Waals surface area contributed by atoms with E-state index in [2.05, 4.69) is 0 Å². The molecule has 1 heterocycles. The number of aryl methyl sites for hydroxylation is 2. The van der Waals surface area contributed by atoms with Crippen molar-refractivity contribution < 1.29 is 9.59 Å². The van der Waals surface area contributed by atoms with Gasteiger partial charge in [-0.3, -0.25) is 14.5 Å². The molecule has 0 spiro atoms. The Hall–Kier alpha value is -2.42. The molecule has 0 saturated carbocycles. The zero-order chi connectivity index (χ0) is 13.6. The molecular weight excluding hydrogens is 238 g/mol. The lowest BCUT2D eigenvalue weighted by molar-refractivity contribution is -0.113. The van der Waals surface area contributed by atoms with Crippen molar-refractivity contribution in [2.45, 2.75) is 13.8 Å². The Kier molecular flexibility index (Phi) is 2.49. The van der Waals surface area contributed by atoms with Gasteiger partial charge in [-0.15, -0.1) is 0 Å². The molecule has 0 aromatic heterocycles. The molecule has 0 saturated heterocycles. The number of anilines is 2. The number of amides is 1. The van der Waals surface area contributed by atoms with Gasteiger partial charge in [0.1, 0.15) is 0 Å². The van der Waals surface area contributed by atoms with E-state index in [-0.39, 0.29) is 0 Å². The first-order valence-electron chi connectivity index (χ1n) is 6.14. The Balaban J connectivity index is 2.23. The molecule has 0 atom stereocenters. The minimum absolute atomic E-state index is 0.429. The minimum Gasteiger partial charge on any atom is -0.283 e. The summed E-state index contributed by atoms with van der Waals surface area (Å²) < 4.78 is 0. The van der Waals surface area contributed by atoms with Crippen LogP contribution < -0.4 is 4.90 Å². The number of para-hydroxylation sites is 1. The molecule has 2 aromatic rings. The predicted molar refractivity (Wildman–Crippen MR) is 73.8 cm³/mol. The molecule has 19 heavy (non-hydrogen) atoms. The first-order valence-corrected chi connectivity index (χ1v) is 6.14. The zero-order valence-corrected chi connectivity index (χ0v) is 10.8. The van der Waals surface area contributed by atoms with Gasteiger partial charge in [0.25, 0.3) is 5.78 Å². The number of hydrogen-bond acceptors (Lipinski definition) is 2. The number of hydrogen-bond donors (Lipinski definition) is 0. The van der Waals surface area contributed by atoms with E-state index in [1.165, 1.54) is 4.90 Å². The Bertz CT molecular complexity index is 689. The summed E-state index contributed by atoms with van der Waals surface area (Å²) in [6, 6.07) is 12.9. The van der Waals surface area contributed by atoms with Crippen LogP contribution in [0.3, 0.4) is 0 Å². The summed E-state index contributed by atoms with van der Waals surface area (Å²) in [4.78, 5) is 25.7. The Labute approximate surface area is 111 Å². The average Bonchev–Trinajstić information content (AvgIpc) is 2.64. The van der Waals surface area contributed by atoms with Gasteiger partial charge in [0.2, 0.25) is 0 Å². The number of carbonyl (C=O) groups excluding carboxylic acids is 2. The van der Waals surface area contributed by atoms with Crippen molar-refractivity contribution in [1.29, 1.82) is 0 Å². The lowest BCUT2D eigenvalue weighted by Crippen LogP contribution is -2.24. The molecule has 3 heteroatoms. The molecule has 0 fully saturated rings. The number of carbonyl (C=O) groups is 2. The van der Waals surface area contributed by atoms with Gasteiger partial charge in [-0.2, -0.15) is 0 Å². The van der Waals surface area contributed by atoms with E-state index in [4.69, 9.17) is 0 Å². The number of ketones is 1. The quantitative estimate of drug-likeness (QED) is 0.730. The average molecular weight is 251 g/mol. The van der Waals surface area contributed by atoms with Crippen LogP contribution in [0.15, 0.2) is 42.5 Å². The first kappa shape index (κ1) is 11.7. The van der Waals surface area contributed by atoms with E-state index >= 15 is 0 Å². The van der Waals surface area contributed by atoms with Crippen LogP contribution in [0.1, 0.15) is 21.5 Å². The van der Waals surface area contributed by atoms with Crippen LogP contribution in [0.4, 0.5) is 11.4 Å². The first-order chi connectivity index (χ1) is 9.09. The maximum atomic E-state index is 12.2. The molecule has 2 aromatic carbocycles. The highest BCUT2D eigenvalue weighted by Gasteiger charge is 2.37. The van der Waals surface area contributed by atoms with Crippen molar-refractivity contribution in [2.75, 3.05) is 4.90 Å². The lowest BCUT2D eigenvalue weighted by Gasteiger charge is -2.17. The fraction of sp³-hybridized carbons (Fsp3) is 0.125. The summed E-state index contributed by atoms with van der Waals surface area (Å²) >= 11 is 0. The van der Waals surface area contributed by atoms with E-state index < -0.39 is 11.7 Å². The Morgan fingerprint density at radius 2 is 1.53 bits per heavy atom. The van der Waals surface area contributed by atoms with Crippen molar-refractivity contribution in [3.63, 3.8) is 0 Å². The highest BCUT2D eigenvalue weighted by atomic mass is 16.2. The molecule has 1 aliphatic rings. The predicted octanol–water partition coefficient (Wildman–Crippen LogP) is 3.16.